The Balaban J connectivity index is 0.000000279. The molecule has 4 rings (SSSR count). The standard InChI is InChI=1S/C16H18N2O3.C2HF3O2/c19-14-11-3-1-2-4-12(11)15(20)18(14)13-9-21-10-16(13)5-7-17-8-6-16;3-2(4,5)1(6)7/h1-4,13,17H,5-10H2;(H,6,7). The zero-order chi connectivity index (χ0) is 20.5. The number of nitrogens with one attached hydrogen (secondary N) is 1. The van der Waals surface area contributed by atoms with Crippen LogP contribution in [-0.2, 0) is 9.53 Å². The summed E-state index contributed by atoms with van der Waals surface area (Å²) < 4.78 is 37.4. The maximum atomic E-state index is 12.7. The lowest BCUT2D eigenvalue weighted by atomic mass is 9.74. The van der Waals surface area contributed by atoms with E-state index in [1.807, 2.05) is 0 Å². The molecule has 28 heavy (non-hydrogen) atoms. The molecule has 0 aromatic heterocycles. The van der Waals surface area contributed by atoms with Crippen LogP contribution in [0.5, 0.6) is 0 Å². The molecule has 152 valence electrons. The smallest absolute Gasteiger partial charge is 0.475 e. The number of benzene rings is 1. The fraction of sp³-hybridized carbons (Fsp3) is 0.500. The molecule has 2 amide bonds. The third-order valence-corrected chi connectivity index (χ3v) is 5.35. The summed E-state index contributed by atoms with van der Waals surface area (Å²) in [5.41, 5.74) is 0.982. The molecule has 1 unspecified atom stereocenters. The molecule has 0 aliphatic carbocycles. The Morgan fingerprint density at radius 2 is 1.64 bits per heavy atom. The molecule has 0 saturated carbocycles. The lowest BCUT2D eigenvalue weighted by Crippen LogP contribution is -2.53. The predicted molar refractivity (Wildman–Crippen MR) is 89.8 cm³/mol. The number of carboxylic acid groups (broad SMARTS) is 1. The van der Waals surface area contributed by atoms with Gasteiger partial charge < -0.3 is 15.2 Å². The van der Waals surface area contributed by atoms with Gasteiger partial charge in [0.2, 0.25) is 0 Å². The summed E-state index contributed by atoms with van der Waals surface area (Å²) in [5.74, 6) is -3.08. The Morgan fingerprint density at radius 1 is 1.14 bits per heavy atom. The molecule has 1 aromatic rings. The van der Waals surface area contributed by atoms with Gasteiger partial charge in [-0.25, -0.2) is 4.79 Å². The van der Waals surface area contributed by atoms with E-state index in [4.69, 9.17) is 14.6 Å². The third kappa shape index (κ3) is 3.61. The molecule has 10 heteroatoms. The van der Waals surface area contributed by atoms with E-state index in [9.17, 15) is 22.8 Å². The predicted octanol–water partition coefficient (Wildman–Crippen LogP) is 1.68. The number of alkyl halides is 3. The summed E-state index contributed by atoms with van der Waals surface area (Å²) in [5, 5.41) is 10.5. The zero-order valence-electron chi connectivity index (χ0n) is 14.8. The molecule has 2 N–H and O–H groups in total. The van der Waals surface area contributed by atoms with E-state index in [0.29, 0.717) is 24.3 Å². The van der Waals surface area contributed by atoms with Gasteiger partial charge in [0.05, 0.1) is 30.4 Å². The Labute approximate surface area is 158 Å². The van der Waals surface area contributed by atoms with E-state index >= 15 is 0 Å². The van der Waals surface area contributed by atoms with Gasteiger partial charge in [0, 0.05) is 5.41 Å². The molecule has 2 fully saturated rings. The van der Waals surface area contributed by atoms with Gasteiger partial charge in [0.15, 0.2) is 0 Å². The van der Waals surface area contributed by atoms with Gasteiger partial charge in [-0.2, -0.15) is 13.2 Å². The van der Waals surface area contributed by atoms with Crippen molar-refractivity contribution in [1.29, 1.82) is 0 Å². The molecule has 2 saturated heterocycles. The van der Waals surface area contributed by atoms with Crippen molar-refractivity contribution in [3.05, 3.63) is 35.4 Å². The molecule has 3 aliphatic rings. The van der Waals surface area contributed by atoms with E-state index in [1.165, 1.54) is 4.90 Å². The monoisotopic (exact) mass is 400 g/mol. The highest BCUT2D eigenvalue weighted by Gasteiger charge is 2.52. The number of halogens is 3. The highest BCUT2D eigenvalue weighted by atomic mass is 19.4. The molecule has 1 atom stereocenters. The Bertz CT molecular complexity index is 755. The zero-order valence-corrected chi connectivity index (χ0v) is 14.8. The largest absolute Gasteiger partial charge is 0.490 e. The van der Waals surface area contributed by atoms with Gasteiger partial charge in [-0.15, -0.1) is 0 Å². The summed E-state index contributed by atoms with van der Waals surface area (Å²) in [6.07, 6.45) is -3.18. The SMILES string of the molecule is O=C(O)C(F)(F)F.O=C1c2ccccc2C(=O)N1C1COCC12CCNCC2. The fourth-order valence-corrected chi connectivity index (χ4v) is 3.89. The highest BCUT2D eigenvalue weighted by Crippen LogP contribution is 2.42. The number of nitrogens with zero attached hydrogens (tertiary/aromatic N) is 1. The number of carbonyl (C=O) groups excluding carboxylic acids is 2. The average Bonchev–Trinajstić information content (AvgIpc) is 3.15. The van der Waals surface area contributed by atoms with Crippen molar-refractivity contribution in [3.63, 3.8) is 0 Å². The van der Waals surface area contributed by atoms with E-state index in [2.05, 4.69) is 5.32 Å². The first-order chi connectivity index (χ1) is 13.2. The number of amides is 2. The van der Waals surface area contributed by atoms with E-state index in [1.54, 1.807) is 24.3 Å². The minimum atomic E-state index is -5.08. The number of carbonyl (C=O) groups is 3. The molecule has 0 radical (unpaired) electrons. The maximum absolute atomic E-state index is 12.7. The van der Waals surface area contributed by atoms with Crippen molar-refractivity contribution in [2.75, 3.05) is 26.3 Å². The van der Waals surface area contributed by atoms with Crippen LogP contribution >= 0.6 is 0 Å². The summed E-state index contributed by atoms with van der Waals surface area (Å²) >= 11 is 0. The molecular weight excluding hydrogens is 381 g/mol. The minimum absolute atomic E-state index is 0.0708. The van der Waals surface area contributed by atoms with Gasteiger partial charge in [0.1, 0.15) is 0 Å². The fourth-order valence-electron chi connectivity index (χ4n) is 3.89. The van der Waals surface area contributed by atoms with Gasteiger partial charge in [-0.05, 0) is 38.1 Å². The van der Waals surface area contributed by atoms with Crippen LogP contribution in [0, 0.1) is 5.41 Å². The number of aliphatic carboxylic acids is 1. The second-order valence-corrected chi connectivity index (χ2v) is 6.97. The van der Waals surface area contributed by atoms with Gasteiger partial charge in [0.25, 0.3) is 11.8 Å². The van der Waals surface area contributed by atoms with E-state index < -0.39 is 12.1 Å². The van der Waals surface area contributed by atoms with Crippen LogP contribution < -0.4 is 5.32 Å². The second kappa shape index (κ2) is 7.51. The number of fused-ring (bicyclic) bond motifs is 1. The quantitative estimate of drug-likeness (QED) is 0.697. The molecule has 0 bridgehead atoms. The molecular formula is C18H19F3N2O5. The summed E-state index contributed by atoms with van der Waals surface area (Å²) in [6, 6.07) is 6.95. The first-order valence-corrected chi connectivity index (χ1v) is 8.73. The minimum Gasteiger partial charge on any atom is -0.475 e. The van der Waals surface area contributed by atoms with Crippen molar-refractivity contribution < 1.29 is 37.4 Å². The first-order valence-electron chi connectivity index (χ1n) is 8.73. The summed E-state index contributed by atoms with van der Waals surface area (Å²) in [6.45, 7) is 2.95. The second-order valence-electron chi connectivity index (χ2n) is 6.97. The molecule has 1 aromatic carbocycles. The summed E-state index contributed by atoms with van der Waals surface area (Å²) in [4.78, 5) is 35.7. The first kappa shape index (κ1) is 20.3. The third-order valence-electron chi connectivity index (χ3n) is 5.35. The molecule has 3 heterocycles. The van der Waals surface area contributed by atoms with Crippen LogP contribution in [0.1, 0.15) is 33.6 Å². The Kier molecular flexibility index (Phi) is 5.44. The van der Waals surface area contributed by atoms with E-state index in [-0.39, 0.29) is 23.3 Å². The Hall–Kier alpha value is -2.46. The van der Waals surface area contributed by atoms with Crippen LogP contribution in [0.3, 0.4) is 0 Å². The number of hydrogen-bond donors (Lipinski definition) is 2. The molecule has 3 aliphatic heterocycles. The van der Waals surface area contributed by atoms with Crippen molar-refractivity contribution in [3.8, 4) is 0 Å². The van der Waals surface area contributed by atoms with Crippen LogP contribution in [0.2, 0.25) is 0 Å². The van der Waals surface area contributed by atoms with Crippen molar-refractivity contribution >= 4 is 17.8 Å². The number of rotatable bonds is 1. The summed E-state index contributed by atoms with van der Waals surface area (Å²) in [7, 11) is 0. The van der Waals surface area contributed by atoms with Gasteiger partial charge >= 0.3 is 12.1 Å². The van der Waals surface area contributed by atoms with Crippen LogP contribution in [-0.4, -0.2) is 66.3 Å². The highest BCUT2D eigenvalue weighted by molar-refractivity contribution is 6.21. The Morgan fingerprint density at radius 3 is 2.11 bits per heavy atom. The molecule has 7 nitrogen and oxygen atoms in total. The van der Waals surface area contributed by atoms with Gasteiger partial charge in [-0.3, -0.25) is 14.5 Å². The van der Waals surface area contributed by atoms with E-state index in [0.717, 1.165) is 25.9 Å². The lowest BCUT2D eigenvalue weighted by Gasteiger charge is -2.40. The number of imide groups is 1. The number of hydrogen-bond acceptors (Lipinski definition) is 5. The maximum Gasteiger partial charge on any atom is 0.490 e. The van der Waals surface area contributed by atoms with Crippen LogP contribution in [0.4, 0.5) is 13.2 Å². The normalized spacial score (nSPS) is 23.4. The number of carboxylic acids is 1. The topological polar surface area (TPSA) is 95.9 Å². The van der Waals surface area contributed by atoms with Gasteiger partial charge in [-0.1, -0.05) is 12.1 Å². The van der Waals surface area contributed by atoms with Crippen molar-refractivity contribution in [1.82, 2.24) is 10.2 Å². The number of piperidine rings is 1. The van der Waals surface area contributed by atoms with Crippen LogP contribution in [0.25, 0.3) is 0 Å². The molecule has 1 spiro atoms. The van der Waals surface area contributed by atoms with Crippen molar-refractivity contribution in [2.24, 2.45) is 5.41 Å². The number of ether oxygens (including phenoxy) is 1. The lowest BCUT2D eigenvalue weighted by molar-refractivity contribution is -0.192. The van der Waals surface area contributed by atoms with Crippen molar-refractivity contribution in [2.45, 2.75) is 25.1 Å². The average molecular weight is 400 g/mol. The van der Waals surface area contributed by atoms with Crippen LogP contribution in [0.15, 0.2) is 24.3 Å².